The van der Waals surface area contributed by atoms with E-state index in [1.54, 1.807) is 5.56 Å². The monoisotopic (exact) mass is 337 g/mol. The topological polar surface area (TPSA) is 12.0 Å². The van der Waals surface area contributed by atoms with Crippen molar-refractivity contribution in [3.8, 4) is 0 Å². The number of hydrogen-bond acceptors (Lipinski definition) is 1. The van der Waals surface area contributed by atoms with Crippen molar-refractivity contribution in [3.63, 3.8) is 0 Å². The van der Waals surface area contributed by atoms with Crippen molar-refractivity contribution in [1.29, 1.82) is 0 Å². The first-order valence-electron chi connectivity index (χ1n) is 8.23. The molecular formula is C18H28BrN. The molecule has 2 unspecified atom stereocenters. The largest absolute Gasteiger partial charge is 0.313 e. The van der Waals surface area contributed by atoms with Gasteiger partial charge in [0.2, 0.25) is 0 Å². The Bertz CT molecular complexity index is 416. The van der Waals surface area contributed by atoms with Gasteiger partial charge in [0.1, 0.15) is 0 Å². The van der Waals surface area contributed by atoms with E-state index in [2.05, 4.69) is 53.3 Å². The fraction of sp³-hybridized carbons (Fsp3) is 0.667. The Kier molecular flexibility index (Phi) is 6.57. The highest BCUT2D eigenvalue weighted by Gasteiger charge is 2.19. The maximum atomic E-state index is 3.83. The van der Waals surface area contributed by atoms with E-state index in [1.807, 2.05) is 0 Å². The lowest BCUT2D eigenvalue weighted by molar-refractivity contribution is 0.370. The molecule has 1 aromatic rings. The second-order valence-electron chi connectivity index (χ2n) is 6.18. The van der Waals surface area contributed by atoms with Gasteiger partial charge in [-0.15, -0.1) is 0 Å². The zero-order valence-electron chi connectivity index (χ0n) is 12.9. The maximum absolute atomic E-state index is 3.83. The highest BCUT2D eigenvalue weighted by atomic mass is 79.9. The van der Waals surface area contributed by atoms with Crippen LogP contribution in [0, 0.1) is 5.92 Å². The van der Waals surface area contributed by atoms with Crippen molar-refractivity contribution in [2.75, 3.05) is 6.54 Å². The summed E-state index contributed by atoms with van der Waals surface area (Å²) in [6.45, 7) is 5.82. The molecule has 20 heavy (non-hydrogen) atoms. The number of rotatable bonds is 7. The first kappa shape index (κ1) is 16.0. The van der Waals surface area contributed by atoms with Crippen LogP contribution in [-0.2, 0) is 12.8 Å². The molecule has 0 aromatic heterocycles. The summed E-state index contributed by atoms with van der Waals surface area (Å²) in [5.41, 5.74) is 3.08. The van der Waals surface area contributed by atoms with Crippen LogP contribution in [0.4, 0.5) is 0 Å². The van der Waals surface area contributed by atoms with Crippen molar-refractivity contribution in [2.24, 2.45) is 5.92 Å². The van der Waals surface area contributed by atoms with Crippen LogP contribution >= 0.6 is 15.9 Å². The molecule has 0 amide bonds. The van der Waals surface area contributed by atoms with Crippen LogP contribution in [0.1, 0.15) is 57.1 Å². The van der Waals surface area contributed by atoms with Gasteiger partial charge >= 0.3 is 0 Å². The van der Waals surface area contributed by atoms with Gasteiger partial charge in [0, 0.05) is 10.5 Å². The van der Waals surface area contributed by atoms with Crippen molar-refractivity contribution >= 4 is 15.9 Å². The third-order valence-corrected chi connectivity index (χ3v) is 5.13. The van der Waals surface area contributed by atoms with E-state index in [9.17, 15) is 0 Å². The maximum Gasteiger partial charge on any atom is 0.0178 e. The second-order valence-corrected chi connectivity index (χ2v) is 7.09. The van der Waals surface area contributed by atoms with Crippen molar-refractivity contribution in [1.82, 2.24) is 5.32 Å². The van der Waals surface area contributed by atoms with E-state index in [0.717, 1.165) is 5.92 Å². The lowest BCUT2D eigenvalue weighted by Crippen LogP contribution is -2.37. The summed E-state index contributed by atoms with van der Waals surface area (Å²) in [6.07, 6.45) is 9.10. The first-order valence-corrected chi connectivity index (χ1v) is 9.02. The minimum atomic E-state index is 0.680. The molecule has 0 saturated carbocycles. The number of benzene rings is 1. The van der Waals surface area contributed by atoms with Crippen LogP contribution in [0.25, 0.3) is 0 Å². The summed E-state index contributed by atoms with van der Waals surface area (Å²) in [6, 6.07) is 7.44. The number of nitrogens with one attached hydrogen (secondary N) is 1. The SMILES string of the molecule is CCCCC(CC)CNC1CCc2cc(Br)ccc2C1. The lowest BCUT2D eigenvalue weighted by Gasteiger charge is -2.27. The predicted molar refractivity (Wildman–Crippen MR) is 91.3 cm³/mol. The van der Waals surface area contributed by atoms with Crippen LogP contribution in [0.15, 0.2) is 22.7 Å². The molecule has 1 aliphatic carbocycles. The Morgan fingerprint density at radius 3 is 2.90 bits per heavy atom. The van der Waals surface area contributed by atoms with Gasteiger partial charge < -0.3 is 5.32 Å². The van der Waals surface area contributed by atoms with Crippen LogP contribution in [0.2, 0.25) is 0 Å². The molecular weight excluding hydrogens is 310 g/mol. The predicted octanol–water partition coefficient (Wildman–Crippen LogP) is 5.11. The molecule has 2 rings (SSSR count). The summed E-state index contributed by atoms with van der Waals surface area (Å²) >= 11 is 3.57. The Labute approximate surface area is 132 Å². The van der Waals surface area contributed by atoms with Crippen molar-refractivity contribution < 1.29 is 0 Å². The second kappa shape index (κ2) is 8.19. The Morgan fingerprint density at radius 1 is 1.30 bits per heavy atom. The summed E-state index contributed by atoms with van der Waals surface area (Å²) in [5, 5.41) is 3.83. The molecule has 0 heterocycles. The number of hydrogen-bond donors (Lipinski definition) is 1. The van der Waals surface area contributed by atoms with Gasteiger partial charge in [-0.3, -0.25) is 0 Å². The quantitative estimate of drug-likeness (QED) is 0.728. The molecule has 0 bridgehead atoms. The van der Waals surface area contributed by atoms with Crippen LogP contribution in [0.5, 0.6) is 0 Å². The van der Waals surface area contributed by atoms with E-state index < -0.39 is 0 Å². The molecule has 1 nitrogen and oxygen atoms in total. The highest BCUT2D eigenvalue weighted by Crippen LogP contribution is 2.25. The molecule has 0 aliphatic heterocycles. The molecule has 0 saturated heterocycles. The first-order chi connectivity index (χ1) is 9.72. The van der Waals surface area contributed by atoms with E-state index in [4.69, 9.17) is 0 Å². The molecule has 1 aromatic carbocycles. The molecule has 2 heteroatoms. The standard InChI is InChI=1S/C18H28BrN/c1-3-5-6-14(4-2)13-20-18-10-8-15-11-17(19)9-7-16(15)12-18/h7,9,11,14,18,20H,3-6,8,10,12-13H2,1-2H3. The Hall–Kier alpha value is -0.340. The third kappa shape index (κ3) is 4.60. The molecule has 0 radical (unpaired) electrons. The van der Waals surface area contributed by atoms with Gasteiger partial charge in [-0.1, -0.05) is 55.1 Å². The number of fused-ring (bicyclic) bond motifs is 1. The minimum absolute atomic E-state index is 0.680. The molecule has 1 N–H and O–H groups in total. The van der Waals surface area contributed by atoms with E-state index in [-0.39, 0.29) is 0 Å². The zero-order valence-corrected chi connectivity index (χ0v) is 14.5. The van der Waals surface area contributed by atoms with E-state index in [0.29, 0.717) is 6.04 Å². The molecule has 0 fully saturated rings. The lowest BCUT2D eigenvalue weighted by atomic mass is 9.88. The van der Waals surface area contributed by atoms with Crippen LogP contribution < -0.4 is 5.32 Å². The van der Waals surface area contributed by atoms with E-state index in [1.165, 1.54) is 61.5 Å². The summed E-state index contributed by atoms with van der Waals surface area (Å²) < 4.78 is 1.22. The molecule has 112 valence electrons. The summed E-state index contributed by atoms with van der Waals surface area (Å²) in [5.74, 6) is 0.862. The fourth-order valence-corrected chi connectivity index (χ4v) is 3.58. The number of aryl methyl sites for hydroxylation is 1. The Balaban J connectivity index is 1.82. The highest BCUT2D eigenvalue weighted by molar-refractivity contribution is 9.10. The molecule has 0 spiro atoms. The smallest absolute Gasteiger partial charge is 0.0178 e. The van der Waals surface area contributed by atoms with Crippen molar-refractivity contribution in [3.05, 3.63) is 33.8 Å². The van der Waals surface area contributed by atoms with Crippen LogP contribution in [0.3, 0.4) is 0 Å². The average molecular weight is 338 g/mol. The van der Waals surface area contributed by atoms with Crippen molar-refractivity contribution in [2.45, 2.75) is 64.8 Å². The van der Waals surface area contributed by atoms with Gasteiger partial charge in [-0.25, -0.2) is 0 Å². The van der Waals surface area contributed by atoms with Gasteiger partial charge in [-0.05, 0) is 61.4 Å². The molecule has 1 aliphatic rings. The van der Waals surface area contributed by atoms with Gasteiger partial charge in [0.05, 0.1) is 0 Å². The van der Waals surface area contributed by atoms with Gasteiger partial charge in [0.15, 0.2) is 0 Å². The summed E-state index contributed by atoms with van der Waals surface area (Å²) in [4.78, 5) is 0. The Morgan fingerprint density at radius 2 is 2.15 bits per heavy atom. The zero-order chi connectivity index (χ0) is 14.4. The van der Waals surface area contributed by atoms with Gasteiger partial charge in [-0.2, -0.15) is 0 Å². The fourth-order valence-electron chi connectivity index (χ4n) is 3.17. The molecule has 2 atom stereocenters. The van der Waals surface area contributed by atoms with Gasteiger partial charge in [0.25, 0.3) is 0 Å². The summed E-state index contributed by atoms with van der Waals surface area (Å²) in [7, 11) is 0. The van der Waals surface area contributed by atoms with E-state index >= 15 is 0 Å². The number of halogens is 1. The minimum Gasteiger partial charge on any atom is -0.313 e. The third-order valence-electron chi connectivity index (χ3n) is 4.64. The average Bonchev–Trinajstić information content (AvgIpc) is 2.47. The number of unbranched alkanes of at least 4 members (excludes halogenated alkanes) is 1. The normalized spacial score (nSPS) is 19.6. The van der Waals surface area contributed by atoms with Crippen LogP contribution in [-0.4, -0.2) is 12.6 Å².